The second-order valence-corrected chi connectivity index (χ2v) is 6.21. The third-order valence-electron chi connectivity index (χ3n) is 3.91. The second kappa shape index (κ2) is 7.45. The lowest BCUT2D eigenvalue weighted by atomic mass is 9.87. The summed E-state index contributed by atoms with van der Waals surface area (Å²) in [6.07, 6.45) is 1.63. The molecule has 116 valence electrons. The van der Waals surface area contributed by atoms with E-state index in [9.17, 15) is 9.90 Å². The van der Waals surface area contributed by atoms with Crippen LogP contribution in [0, 0.1) is 5.92 Å². The van der Waals surface area contributed by atoms with Gasteiger partial charge in [-0.15, -0.1) is 0 Å². The van der Waals surface area contributed by atoms with Gasteiger partial charge in [-0.2, -0.15) is 0 Å². The number of aliphatic hydroxyl groups is 1. The highest BCUT2D eigenvalue weighted by Gasteiger charge is 2.31. The number of carbonyl (C=O) groups is 1. The van der Waals surface area contributed by atoms with Crippen LogP contribution in [-0.2, 0) is 9.53 Å². The summed E-state index contributed by atoms with van der Waals surface area (Å²) in [5.41, 5.74) is 0.967. The molecule has 0 aromatic heterocycles. The van der Waals surface area contributed by atoms with Gasteiger partial charge in [-0.1, -0.05) is 23.2 Å². The van der Waals surface area contributed by atoms with Crippen molar-refractivity contribution < 1.29 is 14.6 Å². The molecule has 1 aliphatic heterocycles. The van der Waals surface area contributed by atoms with E-state index in [2.05, 4.69) is 4.90 Å². The highest BCUT2D eigenvalue weighted by Crippen LogP contribution is 2.36. The molecule has 2 unspecified atom stereocenters. The van der Waals surface area contributed by atoms with Crippen LogP contribution < -0.4 is 0 Å². The Hall–Kier alpha value is -0.810. The average molecular weight is 332 g/mol. The summed E-state index contributed by atoms with van der Waals surface area (Å²) in [6.45, 7) is 1.11. The smallest absolute Gasteiger partial charge is 0.319 e. The summed E-state index contributed by atoms with van der Waals surface area (Å²) in [7, 11) is 1.38. The number of hydrogen-bond donors (Lipinski definition) is 1. The summed E-state index contributed by atoms with van der Waals surface area (Å²) < 4.78 is 4.76. The maximum Gasteiger partial charge on any atom is 0.319 e. The molecular formula is C15H19Cl2NO3. The number of halogens is 2. The number of carbonyl (C=O) groups excluding carboxylic acids is 1. The monoisotopic (exact) mass is 331 g/mol. The van der Waals surface area contributed by atoms with Crippen molar-refractivity contribution in [1.82, 2.24) is 4.90 Å². The van der Waals surface area contributed by atoms with Crippen molar-refractivity contribution in [1.29, 1.82) is 0 Å². The number of hydrogen-bond acceptors (Lipinski definition) is 4. The van der Waals surface area contributed by atoms with Gasteiger partial charge in [0.1, 0.15) is 0 Å². The minimum Gasteiger partial charge on any atom is -0.468 e. The van der Waals surface area contributed by atoms with Crippen molar-refractivity contribution in [2.45, 2.75) is 18.9 Å². The van der Waals surface area contributed by atoms with Crippen LogP contribution in [0.25, 0.3) is 0 Å². The lowest BCUT2D eigenvalue weighted by molar-refractivity contribution is -0.143. The summed E-state index contributed by atoms with van der Waals surface area (Å²) in [4.78, 5) is 13.6. The number of esters is 1. The van der Waals surface area contributed by atoms with E-state index in [0.29, 0.717) is 10.0 Å². The molecule has 4 nitrogen and oxygen atoms in total. The third kappa shape index (κ3) is 4.33. The first kappa shape index (κ1) is 16.6. The molecule has 21 heavy (non-hydrogen) atoms. The van der Waals surface area contributed by atoms with Gasteiger partial charge in [0.05, 0.1) is 13.7 Å². The highest BCUT2D eigenvalue weighted by molar-refractivity contribution is 6.34. The van der Waals surface area contributed by atoms with Crippen LogP contribution in [0.1, 0.15) is 24.4 Å². The molecule has 0 radical (unpaired) electrons. The third-order valence-corrected chi connectivity index (χ3v) is 4.35. The van der Waals surface area contributed by atoms with Gasteiger partial charge < -0.3 is 9.84 Å². The summed E-state index contributed by atoms with van der Waals surface area (Å²) in [6, 6.07) is 5.42. The molecule has 1 aromatic carbocycles. The topological polar surface area (TPSA) is 49.8 Å². The zero-order chi connectivity index (χ0) is 15.4. The number of ether oxygens (including phenoxy) is 1. The van der Waals surface area contributed by atoms with E-state index in [4.69, 9.17) is 27.9 Å². The van der Waals surface area contributed by atoms with Gasteiger partial charge in [0.15, 0.2) is 0 Å². The van der Waals surface area contributed by atoms with Gasteiger partial charge in [0.25, 0.3) is 0 Å². The molecule has 6 heteroatoms. The Morgan fingerprint density at radius 3 is 2.62 bits per heavy atom. The molecule has 2 atom stereocenters. The molecule has 1 aromatic rings. The Balaban J connectivity index is 2.25. The fourth-order valence-electron chi connectivity index (χ4n) is 2.79. The lowest BCUT2D eigenvalue weighted by Crippen LogP contribution is -2.41. The molecule has 0 aliphatic carbocycles. The molecule has 0 bridgehead atoms. The quantitative estimate of drug-likeness (QED) is 0.862. The van der Waals surface area contributed by atoms with E-state index < -0.39 is 0 Å². The van der Waals surface area contributed by atoms with Gasteiger partial charge >= 0.3 is 5.97 Å². The molecule has 0 spiro atoms. The molecule has 1 heterocycles. The second-order valence-electron chi connectivity index (χ2n) is 5.34. The number of rotatable bonds is 4. The Bertz CT molecular complexity index is 489. The van der Waals surface area contributed by atoms with Crippen LogP contribution >= 0.6 is 23.2 Å². The van der Waals surface area contributed by atoms with Crippen molar-refractivity contribution in [2.24, 2.45) is 5.92 Å². The zero-order valence-corrected chi connectivity index (χ0v) is 13.4. The van der Waals surface area contributed by atoms with Gasteiger partial charge in [-0.25, -0.2) is 0 Å². The molecule has 0 saturated carbocycles. The molecule has 1 fully saturated rings. The molecule has 1 N–H and O–H groups in total. The maximum absolute atomic E-state index is 11.6. The van der Waals surface area contributed by atoms with E-state index in [1.165, 1.54) is 7.11 Å². The minimum atomic E-state index is -0.268. The predicted octanol–water partition coefficient (Wildman–Crippen LogP) is 2.91. The van der Waals surface area contributed by atoms with Crippen molar-refractivity contribution in [3.63, 3.8) is 0 Å². The normalized spacial score (nSPS) is 23.0. The van der Waals surface area contributed by atoms with Crippen LogP contribution in [-0.4, -0.2) is 42.8 Å². The first-order chi connectivity index (χ1) is 10.0. The van der Waals surface area contributed by atoms with E-state index in [0.717, 1.165) is 24.9 Å². The summed E-state index contributed by atoms with van der Waals surface area (Å²) >= 11 is 12.2. The van der Waals surface area contributed by atoms with Gasteiger partial charge in [0, 0.05) is 22.7 Å². The molecule has 1 saturated heterocycles. The van der Waals surface area contributed by atoms with Crippen molar-refractivity contribution in [3.8, 4) is 0 Å². The Labute approximate surface area is 134 Å². The average Bonchev–Trinajstić information content (AvgIpc) is 2.46. The highest BCUT2D eigenvalue weighted by atomic mass is 35.5. The number of methoxy groups -OCH3 is 1. The Kier molecular flexibility index (Phi) is 5.88. The van der Waals surface area contributed by atoms with E-state index in [-0.39, 0.29) is 31.1 Å². The summed E-state index contributed by atoms with van der Waals surface area (Å²) in [5, 5.41) is 10.6. The first-order valence-corrected chi connectivity index (χ1v) is 7.66. The number of nitrogens with zero attached hydrogens (tertiary/aromatic N) is 1. The largest absolute Gasteiger partial charge is 0.468 e. The Morgan fingerprint density at radius 2 is 2.05 bits per heavy atom. The predicted molar refractivity (Wildman–Crippen MR) is 82.6 cm³/mol. The van der Waals surface area contributed by atoms with Gasteiger partial charge in [-0.3, -0.25) is 9.69 Å². The maximum atomic E-state index is 11.6. The first-order valence-electron chi connectivity index (χ1n) is 6.91. The van der Waals surface area contributed by atoms with Crippen LogP contribution in [0.4, 0.5) is 0 Å². The SMILES string of the molecule is COC(=O)CN1CCC(CO)CC1c1cc(Cl)cc(Cl)c1. The standard InChI is InChI=1S/C15H19Cl2NO3/c1-21-15(20)8-18-3-2-10(9-19)4-14(18)11-5-12(16)7-13(17)6-11/h5-7,10,14,19H,2-4,8-9H2,1H3. The van der Waals surface area contributed by atoms with E-state index >= 15 is 0 Å². The number of piperidine rings is 1. The van der Waals surface area contributed by atoms with Crippen LogP contribution in [0.15, 0.2) is 18.2 Å². The number of aliphatic hydroxyl groups excluding tert-OH is 1. The lowest BCUT2D eigenvalue weighted by Gasteiger charge is -2.38. The van der Waals surface area contributed by atoms with Crippen molar-refractivity contribution >= 4 is 29.2 Å². The van der Waals surface area contributed by atoms with E-state index in [1.807, 2.05) is 12.1 Å². The molecular weight excluding hydrogens is 313 g/mol. The fourth-order valence-corrected chi connectivity index (χ4v) is 3.33. The fraction of sp³-hybridized carbons (Fsp3) is 0.533. The van der Waals surface area contributed by atoms with Crippen LogP contribution in [0.5, 0.6) is 0 Å². The molecule has 2 rings (SSSR count). The minimum absolute atomic E-state index is 0.00574. The number of benzene rings is 1. The van der Waals surface area contributed by atoms with Crippen molar-refractivity contribution in [2.75, 3.05) is 26.8 Å². The van der Waals surface area contributed by atoms with Gasteiger partial charge in [-0.05, 0) is 49.1 Å². The molecule has 0 amide bonds. The zero-order valence-electron chi connectivity index (χ0n) is 11.9. The summed E-state index contributed by atoms with van der Waals surface area (Å²) in [5.74, 6) is -0.0442. The van der Waals surface area contributed by atoms with Crippen LogP contribution in [0.2, 0.25) is 10.0 Å². The van der Waals surface area contributed by atoms with Crippen molar-refractivity contribution in [3.05, 3.63) is 33.8 Å². The molecule has 1 aliphatic rings. The number of likely N-dealkylation sites (tertiary alicyclic amines) is 1. The van der Waals surface area contributed by atoms with E-state index in [1.54, 1.807) is 6.07 Å². The van der Waals surface area contributed by atoms with Crippen LogP contribution in [0.3, 0.4) is 0 Å². The Morgan fingerprint density at radius 1 is 1.38 bits per heavy atom. The van der Waals surface area contributed by atoms with Gasteiger partial charge in [0.2, 0.25) is 0 Å².